The van der Waals surface area contributed by atoms with Gasteiger partial charge in [0.05, 0.1) is 21.0 Å². The number of amides is 1. The average Bonchev–Trinajstić information content (AvgIpc) is 2.82. The van der Waals surface area contributed by atoms with E-state index in [9.17, 15) is 39.2 Å². The highest BCUT2D eigenvalue weighted by Crippen LogP contribution is 2.31. The highest BCUT2D eigenvalue weighted by Gasteiger charge is 2.39. The van der Waals surface area contributed by atoms with Crippen molar-refractivity contribution in [3.8, 4) is 5.75 Å². The number of nitrogens with zero attached hydrogens (tertiary/aromatic N) is 2. The first kappa shape index (κ1) is 28.7. The third kappa shape index (κ3) is 6.51. The molecule has 1 aliphatic rings. The largest absolute Gasteiger partial charge is 0.480 e. The van der Waals surface area contributed by atoms with Gasteiger partial charge in [-0.1, -0.05) is 0 Å². The Morgan fingerprint density at radius 1 is 1.00 bits per heavy atom. The van der Waals surface area contributed by atoms with Crippen LogP contribution in [0.15, 0.2) is 46.2 Å². The summed E-state index contributed by atoms with van der Waals surface area (Å²) in [7, 11) is -6.47. The van der Waals surface area contributed by atoms with Crippen molar-refractivity contribution in [1.29, 1.82) is 0 Å². The van der Waals surface area contributed by atoms with Gasteiger partial charge in [-0.3, -0.25) is 4.79 Å². The Kier molecular flexibility index (Phi) is 8.10. The lowest BCUT2D eigenvalue weighted by atomic mass is 10.1. The molecule has 1 amide bonds. The predicted molar refractivity (Wildman–Crippen MR) is 126 cm³/mol. The van der Waals surface area contributed by atoms with Gasteiger partial charge in [0, 0.05) is 32.4 Å². The van der Waals surface area contributed by atoms with Crippen molar-refractivity contribution in [2.45, 2.75) is 29.0 Å². The molecule has 9 nitrogen and oxygen atoms in total. The lowest BCUT2D eigenvalue weighted by Gasteiger charge is -2.36. The molecular formula is C22H25F4N3O6S2. The fourth-order valence-corrected chi connectivity index (χ4v) is 5.01. The number of halogens is 4. The van der Waals surface area contributed by atoms with Crippen molar-refractivity contribution in [3.05, 3.63) is 47.8 Å². The molecule has 1 saturated heterocycles. The summed E-state index contributed by atoms with van der Waals surface area (Å²) in [5, 5.41) is 0. The van der Waals surface area contributed by atoms with Crippen LogP contribution in [0.4, 0.5) is 23.2 Å². The van der Waals surface area contributed by atoms with Gasteiger partial charge in [0.2, 0.25) is 10.0 Å². The highest BCUT2D eigenvalue weighted by molar-refractivity contribution is 7.90. The number of hydrogen-bond acceptors (Lipinski definition) is 7. The molecule has 2 aromatic carbocycles. The van der Waals surface area contributed by atoms with E-state index in [4.69, 9.17) is 4.74 Å². The standard InChI is InChI=1S/C22H25F4N3O6S2/c1-14(22(24,25)26)35-20-7-5-16(37(33,34)27-2)12-17(20)21(30)29-10-8-28(9-11-29)19-6-4-15(13-18(19)23)36(3,31)32/h4-7,12-14,27H,8-11H2,1-3H3. The van der Waals surface area contributed by atoms with Crippen molar-refractivity contribution in [2.75, 3.05) is 44.4 Å². The summed E-state index contributed by atoms with van der Waals surface area (Å²) in [6, 6.07) is 6.46. The van der Waals surface area contributed by atoms with Crippen LogP contribution in [0.5, 0.6) is 5.75 Å². The molecule has 37 heavy (non-hydrogen) atoms. The molecule has 15 heteroatoms. The molecule has 0 aromatic heterocycles. The van der Waals surface area contributed by atoms with Crippen LogP contribution in [0.3, 0.4) is 0 Å². The Morgan fingerprint density at radius 2 is 1.59 bits per heavy atom. The minimum atomic E-state index is -4.72. The zero-order valence-corrected chi connectivity index (χ0v) is 21.7. The zero-order valence-electron chi connectivity index (χ0n) is 20.0. The molecule has 3 rings (SSSR count). The summed E-state index contributed by atoms with van der Waals surface area (Å²) in [5.74, 6) is -1.95. The zero-order chi connectivity index (χ0) is 27.8. The first-order chi connectivity index (χ1) is 17.0. The normalized spacial score (nSPS) is 16.0. The minimum Gasteiger partial charge on any atom is -0.480 e. The average molecular weight is 568 g/mol. The molecule has 0 spiro atoms. The van der Waals surface area contributed by atoms with Crippen LogP contribution in [0.25, 0.3) is 0 Å². The van der Waals surface area contributed by atoms with Crippen LogP contribution < -0.4 is 14.4 Å². The summed E-state index contributed by atoms with van der Waals surface area (Å²) in [4.78, 5) is 15.6. The van der Waals surface area contributed by atoms with E-state index >= 15 is 0 Å². The molecule has 1 atom stereocenters. The molecular weight excluding hydrogens is 542 g/mol. The second kappa shape index (κ2) is 10.5. The topological polar surface area (TPSA) is 113 Å². The fourth-order valence-electron chi connectivity index (χ4n) is 3.62. The quantitative estimate of drug-likeness (QED) is 0.512. The van der Waals surface area contributed by atoms with Gasteiger partial charge in [0.25, 0.3) is 5.91 Å². The van der Waals surface area contributed by atoms with Crippen LogP contribution in [-0.2, 0) is 19.9 Å². The fraction of sp³-hybridized carbons (Fsp3) is 0.409. The third-order valence-corrected chi connectivity index (χ3v) is 8.30. The van der Waals surface area contributed by atoms with Gasteiger partial charge in [0.1, 0.15) is 11.6 Å². The molecule has 0 saturated carbocycles. The summed E-state index contributed by atoms with van der Waals surface area (Å²) < 4.78 is 109. The monoisotopic (exact) mass is 567 g/mol. The van der Waals surface area contributed by atoms with E-state index in [1.54, 1.807) is 4.90 Å². The maximum atomic E-state index is 14.6. The number of carbonyl (C=O) groups is 1. The second-order valence-corrected chi connectivity index (χ2v) is 12.2. The number of anilines is 1. The van der Waals surface area contributed by atoms with E-state index in [0.29, 0.717) is 0 Å². The van der Waals surface area contributed by atoms with E-state index in [2.05, 4.69) is 4.72 Å². The summed E-state index contributed by atoms with van der Waals surface area (Å²) in [6.07, 6.45) is -6.03. The van der Waals surface area contributed by atoms with Gasteiger partial charge in [0.15, 0.2) is 15.9 Å². The summed E-state index contributed by atoms with van der Waals surface area (Å²) in [5.41, 5.74) is -0.241. The molecule has 1 fully saturated rings. The van der Waals surface area contributed by atoms with Crippen LogP contribution in [-0.4, -0.2) is 79.4 Å². The van der Waals surface area contributed by atoms with Crippen LogP contribution in [0.2, 0.25) is 0 Å². The van der Waals surface area contributed by atoms with Crippen molar-refractivity contribution < 1.29 is 43.9 Å². The lowest BCUT2D eigenvalue weighted by Crippen LogP contribution is -2.49. The van der Waals surface area contributed by atoms with Gasteiger partial charge < -0.3 is 14.5 Å². The number of sulfone groups is 1. The van der Waals surface area contributed by atoms with Crippen LogP contribution >= 0.6 is 0 Å². The number of piperazine rings is 1. The number of alkyl halides is 3. The molecule has 1 aliphatic heterocycles. The number of nitrogens with one attached hydrogen (secondary N) is 1. The van der Waals surface area contributed by atoms with Gasteiger partial charge in [-0.25, -0.2) is 25.9 Å². The van der Waals surface area contributed by atoms with Crippen molar-refractivity contribution in [2.24, 2.45) is 0 Å². The Balaban J connectivity index is 1.85. The van der Waals surface area contributed by atoms with Gasteiger partial charge >= 0.3 is 6.18 Å². The van der Waals surface area contributed by atoms with E-state index < -0.39 is 49.6 Å². The number of ether oxygens (including phenoxy) is 1. The number of sulfonamides is 1. The molecule has 1 N–H and O–H groups in total. The first-order valence-electron chi connectivity index (χ1n) is 10.9. The van der Waals surface area contributed by atoms with Crippen LogP contribution in [0.1, 0.15) is 17.3 Å². The Labute approximate surface area is 212 Å². The number of hydrogen-bond donors (Lipinski definition) is 1. The molecule has 0 aliphatic carbocycles. The number of carbonyl (C=O) groups excluding carboxylic acids is 1. The third-order valence-electron chi connectivity index (χ3n) is 5.78. The maximum absolute atomic E-state index is 14.6. The van der Waals surface area contributed by atoms with Gasteiger partial charge in [-0.15, -0.1) is 0 Å². The van der Waals surface area contributed by atoms with E-state index in [1.165, 1.54) is 17.0 Å². The predicted octanol–water partition coefficient (Wildman–Crippen LogP) is 2.43. The molecule has 1 heterocycles. The van der Waals surface area contributed by atoms with E-state index in [0.717, 1.165) is 44.5 Å². The van der Waals surface area contributed by atoms with Gasteiger partial charge in [-0.05, 0) is 50.4 Å². The number of benzene rings is 2. The van der Waals surface area contributed by atoms with Gasteiger partial charge in [-0.2, -0.15) is 13.2 Å². The molecule has 204 valence electrons. The summed E-state index contributed by atoms with van der Waals surface area (Å²) in [6.45, 7) is 1.08. The number of rotatable bonds is 7. The van der Waals surface area contributed by atoms with E-state index in [1.807, 2.05) is 0 Å². The first-order valence-corrected chi connectivity index (χ1v) is 14.3. The Morgan fingerprint density at radius 3 is 2.11 bits per heavy atom. The SMILES string of the molecule is CNS(=O)(=O)c1ccc(OC(C)C(F)(F)F)c(C(=O)N2CCN(c3ccc(S(C)(=O)=O)cc3F)CC2)c1. The highest BCUT2D eigenvalue weighted by atomic mass is 32.2. The van der Waals surface area contributed by atoms with Crippen molar-refractivity contribution in [1.82, 2.24) is 9.62 Å². The minimum absolute atomic E-state index is 0.0311. The maximum Gasteiger partial charge on any atom is 0.425 e. The molecule has 0 radical (unpaired) electrons. The smallest absolute Gasteiger partial charge is 0.425 e. The van der Waals surface area contributed by atoms with Crippen LogP contribution in [0, 0.1) is 5.82 Å². The lowest BCUT2D eigenvalue weighted by molar-refractivity contribution is -0.189. The van der Waals surface area contributed by atoms with E-state index in [-0.39, 0.29) is 47.2 Å². The Hall–Kier alpha value is -2.91. The van der Waals surface area contributed by atoms with Crippen molar-refractivity contribution in [3.63, 3.8) is 0 Å². The molecule has 1 unspecified atom stereocenters. The summed E-state index contributed by atoms with van der Waals surface area (Å²) >= 11 is 0. The Bertz CT molecular complexity index is 1390. The van der Waals surface area contributed by atoms with Crippen molar-refractivity contribution >= 4 is 31.5 Å². The molecule has 0 bridgehead atoms. The second-order valence-electron chi connectivity index (χ2n) is 8.33. The molecule has 2 aromatic rings.